The van der Waals surface area contributed by atoms with Crippen LogP contribution in [0.4, 0.5) is 5.82 Å². The van der Waals surface area contributed by atoms with Gasteiger partial charge in [-0.1, -0.05) is 6.08 Å². The Morgan fingerprint density at radius 1 is 1.47 bits per heavy atom. The molecule has 0 radical (unpaired) electrons. The van der Waals surface area contributed by atoms with Crippen molar-refractivity contribution >= 4 is 15.8 Å². The van der Waals surface area contributed by atoms with Gasteiger partial charge < -0.3 is 5.32 Å². The van der Waals surface area contributed by atoms with Gasteiger partial charge in [-0.15, -0.1) is 6.58 Å². The molecule has 1 heterocycles. The van der Waals surface area contributed by atoms with E-state index in [2.05, 4.69) is 21.6 Å². The van der Waals surface area contributed by atoms with Crippen LogP contribution in [0.15, 0.2) is 35.9 Å². The number of nitrogens with one attached hydrogen (secondary N) is 2. The van der Waals surface area contributed by atoms with Crippen molar-refractivity contribution in [2.45, 2.75) is 24.8 Å². The summed E-state index contributed by atoms with van der Waals surface area (Å²) in [4.78, 5) is 4.18. The summed E-state index contributed by atoms with van der Waals surface area (Å²) in [6.07, 6.45) is 2.82. The maximum absolute atomic E-state index is 11.7. The molecule has 2 N–H and O–H groups in total. The summed E-state index contributed by atoms with van der Waals surface area (Å²) in [5.74, 6) is 0.655. The molecule has 0 atom stereocenters. The first-order valence-electron chi connectivity index (χ1n) is 5.29. The smallest absolute Gasteiger partial charge is 0.242 e. The van der Waals surface area contributed by atoms with Crippen molar-refractivity contribution in [1.82, 2.24) is 9.71 Å². The second-order valence-corrected chi connectivity index (χ2v) is 5.59. The van der Waals surface area contributed by atoms with Gasteiger partial charge in [0.1, 0.15) is 10.7 Å². The number of rotatable bonds is 6. The van der Waals surface area contributed by atoms with Crippen molar-refractivity contribution in [3.8, 4) is 0 Å². The summed E-state index contributed by atoms with van der Waals surface area (Å²) >= 11 is 0. The van der Waals surface area contributed by atoms with E-state index >= 15 is 0 Å². The quantitative estimate of drug-likeness (QED) is 0.753. The molecule has 0 bridgehead atoms. The van der Waals surface area contributed by atoms with Crippen LogP contribution in [0.1, 0.15) is 13.8 Å². The first kappa shape index (κ1) is 13.7. The predicted octanol–water partition coefficient (Wildman–Crippen LogP) is 1.37. The fourth-order valence-electron chi connectivity index (χ4n) is 1.17. The van der Waals surface area contributed by atoms with Gasteiger partial charge in [-0.2, -0.15) is 0 Å². The van der Waals surface area contributed by atoms with Crippen LogP contribution in [0.25, 0.3) is 0 Å². The molecule has 94 valence electrons. The van der Waals surface area contributed by atoms with Crippen LogP contribution in [0.3, 0.4) is 0 Å². The minimum atomic E-state index is -3.48. The van der Waals surface area contributed by atoms with Crippen LogP contribution in [0.2, 0.25) is 0 Å². The maximum atomic E-state index is 11.7. The molecule has 0 aliphatic rings. The van der Waals surface area contributed by atoms with Crippen LogP contribution in [-0.2, 0) is 10.0 Å². The molecule has 0 saturated heterocycles. The highest BCUT2D eigenvalue weighted by Gasteiger charge is 2.12. The number of sulfonamides is 1. The lowest BCUT2D eigenvalue weighted by Gasteiger charge is -2.09. The van der Waals surface area contributed by atoms with Crippen molar-refractivity contribution in [3.63, 3.8) is 0 Å². The molecule has 0 spiro atoms. The topological polar surface area (TPSA) is 71.1 Å². The molecule has 0 fully saturated rings. The lowest BCUT2D eigenvalue weighted by Crippen LogP contribution is -2.23. The van der Waals surface area contributed by atoms with Gasteiger partial charge in [-0.25, -0.2) is 18.1 Å². The molecule has 1 rings (SSSR count). The van der Waals surface area contributed by atoms with Crippen LogP contribution < -0.4 is 10.0 Å². The molecular formula is C11H17N3O2S. The zero-order valence-electron chi connectivity index (χ0n) is 9.97. The minimum Gasteiger partial charge on any atom is -0.368 e. The average molecular weight is 255 g/mol. The Labute approximate surface area is 102 Å². The van der Waals surface area contributed by atoms with Crippen molar-refractivity contribution in [2.75, 3.05) is 11.9 Å². The Morgan fingerprint density at radius 3 is 2.65 bits per heavy atom. The SMILES string of the molecule is C=CCNS(=O)(=O)c1ccc(NC(C)C)nc1. The second-order valence-electron chi connectivity index (χ2n) is 3.82. The third-order valence-corrected chi connectivity index (χ3v) is 3.31. The van der Waals surface area contributed by atoms with Crippen molar-refractivity contribution in [3.05, 3.63) is 31.0 Å². The Morgan fingerprint density at radius 2 is 2.18 bits per heavy atom. The van der Waals surface area contributed by atoms with Gasteiger partial charge >= 0.3 is 0 Å². The van der Waals surface area contributed by atoms with Gasteiger partial charge in [-0.3, -0.25) is 0 Å². The third kappa shape index (κ3) is 4.16. The largest absolute Gasteiger partial charge is 0.368 e. The van der Waals surface area contributed by atoms with Crippen molar-refractivity contribution in [1.29, 1.82) is 0 Å². The zero-order chi connectivity index (χ0) is 12.9. The van der Waals surface area contributed by atoms with Crippen LogP contribution in [-0.4, -0.2) is 26.0 Å². The minimum absolute atomic E-state index is 0.147. The fourth-order valence-corrected chi connectivity index (χ4v) is 2.11. The Bertz CT molecular complexity index is 466. The third-order valence-electron chi connectivity index (χ3n) is 1.90. The van der Waals surface area contributed by atoms with Crippen LogP contribution in [0, 0.1) is 0 Å². The van der Waals surface area contributed by atoms with Crippen molar-refractivity contribution < 1.29 is 8.42 Å². The van der Waals surface area contributed by atoms with Gasteiger partial charge in [0, 0.05) is 18.8 Å². The van der Waals surface area contributed by atoms with E-state index in [0.717, 1.165) is 0 Å². The fraction of sp³-hybridized carbons (Fsp3) is 0.364. The van der Waals surface area contributed by atoms with Crippen LogP contribution >= 0.6 is 0 Å². The number of anilines is 1. The lowest BCUT2D eigenvalue weighted by atomic mass is 10.4. The highest BCUT2D eigenvalue weighted by atomic mass is 32.2. The average Bonchev–Trinajstić information content (AvgIpc) is 2.26. The molecule has 0 unspecified atom stereocenters. The first-order valence-corrected chi connectivity index (χ1v) is 6.77. The molecule has 6 heteroatoms. The van der Waals surface area contributed by atoms with Gasteiger partial charge in [-0.05, 0) is 26.0 Å². The molecular weight excluding hydrogens is 238 g/mol. The number of aromatic nitrogens is 1. The number of pyridine rings is 1. The first-order chi connectivity index (χ1) is 7.95. The summed E-state index contributed by atoms with van der Waals surface area (Å²) in [6, 6.07) is 3.41. The summed E-state index contributed by atoms with van der Waals surface area (Å²) in [5, 5.41) is 3.08. The highest BCUT2D eigenvalue weighted by molar-refractivity contribution is 7.89. The van der Waals surface area contributed by atoms with E-state index in [1.54, 1.807) is 6.07 Å². The molecule has 1 aromatic rings. The molecule has 1 aromatic heterocycles. The predicted molar refractivity (Wildman–Crippen MR) is 68.4 cm³/mol. The number of hydrogen-bond acceptors (Lipinski definition) is 4. The van der Waals surface area contributed by atoms with E-state index in [0.29, 0.717) is 5.82 Å². The van der Waals surface area contributed by atoms with E-state index in [-0.39, 0.29) is 17.5 Å². The molecule has 0 amide bonds. The normalized spacial score (nSPS) is 11.5. The summed E-state index contributed by atoms with van der Waals surface area (Å²) < 4.78 is 25.8. The molecule has 0 aliphatic carbocycles. The Kier molecular flexibility index (Phi) is 4.65. The van der Waals surface area contributed by atoms with Gasteiger partial charge in [0.25, 0.3) is 0 Å². The van der Waals surface area contributed by atoms with E-state index in [1.165, 1.54) is 18.3 Å². The summed E-state index contributed by atoms with van der Waals surface area (Å²) in [7, 11) is -3.48. The molecule has 0 aromatic carbocycles. The Hall–Kier alpha value is -1.40. The van der Waals surface area contributed by atoms with E-state index < -0.39 is 10.0 Å². The molecule has 0 aliphatic heterocycles. The van der Waals surface area contributed by atoms with Gasteiger partial charge in [0.15, 0.2) is 0 Å². The summed E-state index contributed by atoms with van der Waals surface area (Å²) in [6.45, 7) is 7.62. The standard InChI is InChI=1S/C11H17N3O2S/c1-4-7-13-17(15,16)10-5-6-11(12-8-10)14-9(2)3/h4-6,8-9,13H,1,7H2,2-3H3,(H,12,14). The second kappa shape index (κ2) is 5.79. The van der Waals surface area contributed by atoms with E-state index in [9.17, 15) is 8.42 Å². The molecule has 0 saturated carbocycles. The van der Waals surface area contributed by atoms with E-state index in [4.69, 9.17) is 0 Å². The number of nitrogens with zero attached hydrogens (tertiary/aromatic N) is 1. The van der Waals surface area contributed by atoms with Crippen LogP contribution in [0.5, 0.6) is 0 Å². The van der Waals surface area contributed by atoms with Gasteiger partial charge in [0.2, 0.25) is 10.0 Å². The number of hydrogen-bond donors (Lipinski definition) is 2. The zero-order valence-corrected chi connectivity index (χ0v) is 10.8. The Balaban J connectivity index is 2.83. The maximum Gasteiger partial charge on any atom is 0.242 e. The lowest BCUT2D eigenvalue weighted by molar-refractivity contribution is 0.585. The van der Waals surface area contributed by atoms with E-state index in [1.807, 2.05) is 13.8 Å². The molecule has 5 nitrogen and oxygen atoms in total. The van der Waals surface area contributed by atoms with Gasteiger partial charge in [0.05, 0.1) is 0 Å². The monoisotopic (exact) mass is 255 g/mol. The van der Waals surface area contributed by atoms with Crippen molar-refractivity contribution in [2.24, 2.45) is 0 Å². The molecule has 17 heavy (non-hydrogen) atoms. The summed E-state index contributed by atoms with van der Waals surface area (Å²) in [5.41, 5.74) is 0. The highest BCUT2D eigenvalue weighted by Crippen LogP contribution is 2.11.